The molecule has 0 aliphatic heterocycles. The fourth-order valence-corrected chi connectivity index (χ4v) is 8.58. The first-order valence-electron chi connectivity index (χ1n) is 25.0. The summed E-state index contributed by atoms with van der Waals surface area (Å²) in [6.07, 6.45) is 1.68. The maximum absolute atomic E-state index is 6.04. The van der Waals surface area contributed by atoms with E-state index < -0.39 is 0 Å². The zero-order valence-corrected chi connectivity index (χ0v) is 47.9. The number of nitrogens with one attached hydrogen (secondary N) is 6. The Morgan fingerprint density at radius 1 is 0.458 bits per heavy atom. The molecular formula is C54H51Cl5N24. The normalized spacial score (nSPS) is 10.8. The number of nitrogens with two attached hydrogens (primary N) is 2. The van der Waals surface area contributed by atoms with Crippen molar-refractivity contribution in [3.05, 3.63) is 207 Å². The SMILES string of the molecule is CN(Cc1cccnc1N)Cc1nnc2ccc(Nc3cccc(Cl)c3)nn12.CNCc1nnc2ccc(Nc3cccc(Cl)c3)nn12.ClCc1nnc2ccc(Nc3cccc(Cl)c3)nn12.NNc1ccc(Nc2cccc(Cl)c2)nn1. The molecule has 0 unspecified atom stereocenters. The van der Waals surface area contributed by atoms with Crippen LogP contribution in [-0.4, -0.2) is 93.6 Å². The molecule has 4 aromatic carbocycles. The second-order valence-electron chi connectivity index (χ2n) is 17.7. The van der Waals surface area contributed by atoms with Gasteiger partial charge < -0.3 is 37.7 Å². The monoisotopic (exact) mass is 1210 g/mol. The minimum absolute atomic E-state index is 0.259. The first-order chi connectivity index (χ1) is 40.4. The van der Waals surface area contributed by atoms with Gasteiger partial charge in [-0.2, -0.15) is 13.5 Å². The Hall–Kier alpha value is -9.11. The quantitative estimate of drug-likeness (QED) is 0.0253. The number of nitrogens with zero attached hydrogens (tertiary/aromatic N) is 16. The summed E-state index contributed by atoms with van der Waals surface area (Å²) in [5, 5.41) is 64.2. The Balaban J connectivity index is 0.000000136. The third-order valence-corrected chi connectivity index (χ3v) is 12.6. The second kappa shape index (κ2) is 28.5. The van der Waals surface area contributed by atoms with Crippen molar-refractivity contribution >= 4 is 133 Å². The summed E-state index contributed by atoms with van der Waals surface area (Å²) in [5.41, 5.74) is 14.8. The van der Waals surface area contributed by atoms with Crippen LogP contribution in [0.4, 0.5) is 57.7 Å². The fourth-order valence-electron chi connectivity index (χ4n) is 7.66. The molecule has 0 bridgehead atoms. The number of halogens is 5. The number of benzene rings is 4. The molecule has 0 aliphatic carbocycles. The molecule has 0 spiro atoms. The maximum atomic E-state index is 6.04. The third kappa shape index (κ3) is 16.5. The molecule has 0 saturated carbocycles. The Kier molecular flexibility index (Phi) is 20.1. The van der Waals surface area contributed by atoms with Crippen molar-refractivity contribution in [3.8, 4) is 0 Å². The molecule has 0 amide bonds. The number of aromatic nitrogens is 15. The lowest BCUT2D eigenvalue weighted by atomic mass is 10.2. The largest absolute Gasteiger partial charge is 0.383 e. The van der Waals surface area contributed by atoms with Gasteiger partial charge in [-0.25, -0.2) is 10.8 Å². The number of hydrogen-bond donors (Lipinski definition) is 8. The van der Waals surface area contributed by atoms with Gasteiger partial charge in [-0.3, -0.25) is 4.90 Å². The van der Waals surface area contributed by atoms with Gasteiger partial charge in [-0.05, 0) is 141 Å². The minimum atomic E-state index is 0.259. The van der Waals surface area contributed by atoms with Gasteiger partial charge in [-0.1, -0.05) is 76.7 Å². The highest BCUT2D eigenvalue weighted by atomic mass is 35.5. The lowest BCUT2D eigenvalue weighted by Crippen LogP contribution is -2.20. The van der Waals surface area contributed by atoms with Gasteiger partial charge in [0.2, 0.25) is 0 Å². The Morgan fingerprint density at radius 2 is 0.867 bits per heavy atom. The highest BCUT2D eigenvalue weighted by Gasteiger charge is 2.13. The van der Waals surface area contributed by atoms with Crippen LogP contribution in [0.1, 0.15) is 23.0 Å². The van der Waals surface area contributed by atoms with Gasteiger partial charge in [0, 0.05) is 61.1 Å². The number of rotatable bonds is 16. The molecule has 0 saturated heterocycles. The van der Waals surface area contributed by atoms with E-state index in [1.54, 1.807) is 44.0 Å². The van der Waals surface area contributed by atoms with Crippen molar-refractivity contribution < 1.29 is 0 Å². The van der Waals surface area contributed by atoms with Crippen LogP contribution in [0.3, 0.4) is 0 Å². The molecule has 0 aliphatic rings. The van der Waals surface area contributed by atoms with Gasteiger partial charge in [0.15, 0.2) is 63.5 Å². The first kappa shape index (κ1) is 58.5. The smallest absolute Gasteiger partial charge is 0.178 e. The lowest BCUT2D eigenvalue weighted by Gasteiger charge is -2.16. The van der Waals surface area contributed by atoms with Gasteiger partial charge in [0.25, 0.3) is 0 Å². The first-order valence-corrected chi connectivity index (χ1v) is 27.1. The van der Waals surface area contributed by atoms with E-state index in [0.717, 1.165) is 40.0 Å². The van der Waals surface area contributed by atoms with E-state index in [1.807, 2.05) is 148 Å². The Morgan fingerprint density at radius 3 is 1.29 bits per heavy atom. The van der Waals surface area contributed by atoms with Crippen molar-refractivity contribution in [2.24, 2.45) is 5.84 Å². The summed E-state index contributed by atoms with van der Waals surface area (Å²) in [7, 11) is 3.84. The molecule has 0 radical (unpaired) electrons. The van der Waals surface area contributed by atoms with Gasteiger partial charge >= 0.3 is 0 Å². The molecule has 8 heterocycles. The molecule has 10 N–H and O–H groups in total. The number of hydrogen-bond acceptors (Lipinski definition) is 21. The summed E-state index contributed by atoms with van der Waals surface area (Å²) in [6, 6.07) is 48.1. The number of nitrogen functional groups attached to an aromatic ring is 2. The van der Waals surface area contributed by atoms with Crippen LogP contribution in [0.5, 0.6) is 0 Å². The molecule has 422 valence electrons. The Labute approximate surface area is 499 Å². The Bertz CT molecular complexity index is 4070. The van der Waals surface area contributed by atoms with Crippen molar-refractivity contribution in [2.75, 3.05) is 46.5 Å². The number of alkyl halides is 1. The van der Waals surface area contributed by atoms with E-state index in [-0.39, 0.29) is 5.88 Å². The molecule has 0 atom stereocenters. The second-order valence-corrected chi connectivity index (χ2v) is 19.7. The van der Waals surface area contributed by atoms with E-state index in [0.29, 0.717) is 97.4 Å². The average molecular weight is 1210 g/mol. The van der Waals surface area contributed by atoms with Crippen LogP contribution in [0.15, 0.2) is 164 Å². The third-order valence-electron chi connectivity index (χ3n) is 11.4. The van der Waals surface area contributed by atoms with E-state index in [2.05, 4.69) is 98.0 Å². The van der Waals surface area contributed by atoms with E-state index >= 15 is 0 Å². The van der Waals surface area contributed by atoms with Crippen molar-refractivity contribution in [3.63, 3.8) is 0 Å². The molecule has 12 aromatic rings. The van der Waals surface area contributed by atoms with E-state index in [4.69, 9.17) is 69.6 Å². The van der Waals surface area contributed by atoms with Crippen LogP contribution in [0, 0.1) is 0 Å². The van der Waals surface area contributed by atoms with Gasteiger partial charge in [-0.15, -0.1) is 67.7 Å². The molecule has 0 fully saturated rings. The molecule has 12 rings (SSSR count). The number of pyridine rings is 1. The lowest BCUT2D eigenvalue weighted by molar-refractivity contribution is 0.308. The average Bonchev–Trinajstić information content (AvgIpc) is 4.32. The molecule has 24 nitrogen and oxygen atoms in total. The number of hydrazine groups is 1. The predicted molar refractivity (Wildman–Crippen MR) is 327 cm³/mol. The van der Waals surface area contributed by atoms with Crippen molar-refractivity contribution in [2.45, 2.75) is 25.5 Å². The predicted octanol–water partition coefficient (Wildman–Crippen LogP) is 10.8. The van der Waals surface area contributed by atoms with Crippen molar-refractivity contribution in [1.82, 2.24) is 84.8 Å². The molecular weight excluding hydrogens is 1160 g/mol. The summed E-state index contributed by atoms with van der Waals surface area (Å²) in [5.74, 6) is 11.3. The molecule has 29 heteroatoms. The van der Waals surface area contributed by atoms with Gasteiger partial charge in [0.05, 0.1) is 19.0 Å². The highest BCUT2D eigenvalue weighted by molar-refractivity contribution is 6.31. The van der Waals surface area contributed by atoms with Gasteiger partial charge in [0.1, 0.15) is 5.82 Å². The zero-order chi connectivity index (χ0) is 58.1. The number of fused-ring (bicyclic) bond motifs is 3. The fraction of sp³-hybridized carbons (Fsp3) is 0.111. The van der Waals surface area contributed by atoms with Crippen LogP contribution < -0.4 is 43.6 Å². The highest BCUT2D eigenvalue weighted by Crippen LogP contribution is 2.24. The summed E-state index contributed by atoms with van der Waals surface area (Å²) >= 11 is 29.6. The van der Waals surface area contributed by atoms with E-state index in [1.165, 1.54) is 0 Å². The van der Waals surface area contributed by atoms with Crippen LogP contribution in [0.2, 0.25) is 20.1 Å². The maximum Gasteiger partial charge on any atom is 0.178 e. The topological polar surface area (TPSA) is 295 Å². The molecule has 8 aromatic heterocycles. The summed E-state index contributed by atoms with van der Waals surface area (Å²) < 4.78 is 5.05. The number of anilines is 10. The van der Waals surface area contributed by atoms with E-state index in [9.17, 15) is 0 Å². The standard InChI is InChI=1S/C19H19ClN8.C13H13ClN6.C12H9Cl2N5.C10H10ClN5/c1-27(11-13-4-3-9-22-19(13)21)12-18-25-24-17-8-7-16(26-28(17)18)23-15-6-2-5-14(20)10-15;1-15-8-13-18-17-12-6-5-11(19-20(12)13)16-10-4-2-3-9(14)7-10;13-7-12-17-16-11-5-4-10(18-19(11)12)15-9-3-1-2-8(14)6-9;11-7-2-1-3-8(6-7)13-9-4-5-10(14-12)16-15-9/h2-10H,11-12H2,1H3,(H2,21,22)(H,23,26);2-7,15H,8H2,1H3,(H,16,19);1-6H,7H2,(H,15,18);1-6H,12H2,(H,13,15)(H,14,16). The summed E-state index contributed by atoms with van der Waals surface area (Å²) in [6.45, 7) is 1.81. The van der Waals surface area contributed by atoms with Crippen molar-refractivity contribution in [1.29, 1.82) is 0 Å². The van der Waals surface area contributed by atoms with Crippen LogP contribution in [-0.2, 0) is 25.5 Å². The molecule has 83 heavy (non-hydrogen) atoms. The summed E-state index contributed by atoms with van der Waals surface area (Å²) in [4.78, 5) is 6.21. The van der Waals surface area contributed by atoms with Crippen LogP contribution >= 0.6 is 58.0 Å². The minimum Gasteiger partial charge on any atom is -0.383 e. The van der Waals surface area contributed by atoms with Crippen LogP contribution in [0.25, 0.3) is 16.9 Å². The zero-order valence-electron chi connectivity index (χ0n) is 44.1.